The van der Waals surface area contributed by atoms with Crippen LogP contribution in [0.2, 0.25) is 0 Å². The molecule has 0 saturated heterocycles. The van der Waals surface area contributed by atoms with Crippen LogP contribution in [0.5, 0.6) is 0 Å². The van der Waals surface area contributed by atoms with Crippen molar-refractivity contribution >= 4 is 11.9 Å². The summed E-state index contributed by atoms with van der Waals surface area (Å²) in [6.45, 7) is 4.91. The Hall–Kier alpha value is -2.62. The lowest BCUT2D eigenvalue weighted by atomic mass is 10.2. The van der Waals surface area contributed by atoms with Gasteiger partial charge in [0.05, 0.1) is 24.3 Å². The Morgan fingerprint density at radius 1 is 0.692 bits per heavy atom. The lowest BCUT2D eigenvalue weighted by molar-refractivity contribution is 0.0495. The molecule has 0 unspecified atom stereocenters. The van der Waals surface area contributed by atoms with Crippen molar-refractivity contribution in [2.75, 3.05) is 13.2 Å². The Labute approximate surface area is 156 Å². The molecule has 2 aromatic rings. The number of carbonyl (C=O) groups is 2. The molecule has 0 aromatic heterocycles. The normalized spacial score (nSPS) is 9.62. The zero-order chi connectivity index (χ0) is 19.0. The number of hydrogen-bond donors (Lipinski definition) is 0. The Kier molecular flexibility index (Phi) is 11.2. The van der Waals surface area contributed by atoms with Gasteiger partial charge >= 0.3 is 11.9 Å². The van der Waals surface area contributed by atoms with Gasteiger partial charge in [-0.05, 0) is 37.6 Å². The topological polar surface area (TPSA) is 52.6 Å². The first kappa shape index (κ1) is 21.4. The molecule has 26 heavy (non-hydrogen) atoms. The Bertz CT molecular complexity index is 623. The van der Waals surface area contributed by atoms with Crippen molar-refractivity contribution in [3.63, 3.8) is 0 Å². The SMILES string of the molecule is CCCCCCOC(=O)c1ccccc1.CCOC(=O)c1ccccc1. The van der Waals surface area contributed by atoms with Gasteiger partial charge in [0.1, 0.15) is 0 Å². The third-order valence-electron chi connectivity index (χ3n) is 3.53. The summed E-state index contributed by atoms with van der Waals surface area (Å²) in [7, 11) is 0. The Balaban J connectivity index is 0.000000273. The Morgan fingerprint density at radius 2 is 1.19 bits per heavy atom. The van der Waals surface area contributed by atoms with E-state index in [4.69, 9.17) is 9.47 Å². The maximum atomic E-state index is 11.5. The molecule has 0 fully saturated rings. The monoisotopic (exact) mass is 356 g/mol. The summed E-state index contributed by atoms with van der Waals surface area (Å²) in [5.41, 5.74) is 1.24. The van der Waals surface area contributed by atoms with E-state index in [0.717, 1.165) is 12.8 Å². The van der Waals surface area contributed by atoms with Crippen molar-refractivity contribution in [3.05, 3.63) is 71.8 Å². The van der Waals surface area contributed by atoms with Crippen molar-refractivity contribution in [1.29, 1.82) is 0 Å². The fourth-order valence-corrected chi connectivity index (χ4v) is 2.14. The molecular formula is C22H28O4. The van der Waals surface area contributed by atoms with Crippen LogP contribution in [0.3, 0.4) is 0 Å². The highest BCUT2D eigenvalue weighted by atomic mass is 16.5. The van der Waals surface area contributed by atoms with Crippen molar-refractivity contribution in [3.8, 4) is 0 Å². The van der Waals surface area contributed by atoms with E-state index >= 15 is 0 Å². The van der Waals surface area contributed by atoms with Crippen LogP contribution >= 0.6 is 0 Å². The first-order chi connectivity index (χ1) is 12.7. The zero-order valence-electron chi connectivity index (χ0n) is 15.6. The Morgan fingerprint density at radius 3 is 1.65 bits per heavy atom. The molecule has 2 aromatic carbocycles. The van der Waals surface area contributed by atoms with Gasteiger partial charge in [-0.2, -0.15) is 0 Å². The van der Waals surface area contributed by atoms with Crippen LogP contribution < -0.4 is 0 Å². The van der Waals surface area contributed by atoms with Crippen LogP contribution in [0, 0.1) is 0 Å². The van der Waals surface area contributed by atoms with Crippen LogP contribution in [-0.4, -0.2) is 25.2 Å². The van der Waals surface area contributed by atoms with Gasteiger partial charge < -0.3 is 9.47 Å². The quantitative estimate of drug-likeness (QED) is 0.476. The number of unbranched alkanes of at least 4 members (excludes halogenated alkanes) is 3. The molecule has 0 radical (unpaired) electrons. The summed E-state index contributed by atoms with van der Waals surface area (Å²) < 4.78 is 9.92. The van der Waals surface area contributed by atoms with Gasteiger partial charge in [-0.25, -0.2) is 9.59 Å². The second-order valence-corrected chi connectivity index (χ2v) is 5.65. The summed E-state index contributed by atoms with van der Waals surface area (Å²) in [6, 6.07) is 18.1. The van der Waals surface area contributed by atoms with Crippen molar-refractivity contribution in [2.24, 2.45) is 0 Å². The molecule has 2 rings (SSSR count). The number of carbonyl (C=O) groups excluding carboxylic acids is 2. The summed E-state index contributed by atoms with van der Waals surface area (Å²) in [5.74, 6) is -0.472. The van der Waals surface area contributed by atoms with Crippen molar-refractivity contribution < 1.29 is 19.1 Å². The van der Waals surface area contributed by atoms with E-state index in [-0.39, 0.29) is 11.9 Å². The van der Waals surface area contributed by atoms with Gasteiger partial charge in [-0.15, -0.1) is 0 Å². The highest BCUT2D eigenvalue weighted by Gasteiger charge is 2.04. The first-order valence-electron chi connectivity index (χ1n) is 9.13. The van der Waals surface area contributed by atoms with Gasteiger partial charge in [-0.1, -0.05) is 62.6 Å². The second kappa shape index (κ2) is 13.6. The van der Waals surface area contributed by atoms with E-state index < -0.39 is 0 Å². The standard InChI is InChI=1S/C13H18O2.C9H10O2/c1-2-3-4-8-11-15-13(14)12-9-6-5-7-10-12;1-2-11-9(10)8-6-4-3-5-7-8/h5-7,9-10H,2-4,8,11H2,1H3;3-7H,2H2,1H3. The van der Waals surface area contributed by atoms with Crippen LogP contribution in [0.4, 0.5) is 0 Å². The molecule has 0 saturated carbocycles. The predicted octanol–water partition coefficient (Wildman–Crippen LogP) is 5.29. The van der Waals surface area contributed by atoms with Crippen LogP contribution in [0.25, 0.3) is 0 Å². The summed E-state index contributed by atoms with van der Waals surface area (Å²) in [4.78, 5) is 22.5. The largest absolute Gasteiger partial charge is 0.462 e. The van der Waals surface area contributed by atoms with Crippen LogP contribution in [-0.2, 0) is 9.47 Å². The summed E-state index contributed by atoms with van der Waals surface area (Å²) in [5, 5.41) is 0. The number of hydrogen-bond acceptors (Lipinski definition) is 4. The molecule has 0 aliphatic carbocycles. The fraction of sp³-hybridized carbons (Fsp3) is 0.364. The lowest BCUT2D eigenvalue weighted by Gasteiger charge is -2.03. The number of ether oxygens (including phenoxy) is 2. The van der Waals surface area contributed by atoms with Gasteiger partial charge in [0.15, 0.2) is 0 Å². The van der Waals surface area contributed by atoms with Crippen molar-refractivity contribution in [2.45, 2.75) is 39.5 Å². The molecule has 0 aliphatic heterocycles. The van der Waals surface area contributed by atoms with Gasteiger partial charge in [0, 0.05) is 0 Å². The maximum absolute atomic E-state index is 11.5. The minimum Gasteiger partial charge on any atom is -0.462 e. The predicted molar refractivity (Wildman–Crippen MR) is 103 cm³/mol. The molecule has 0 amide bonds. The van der Waals surface area contributed by atoms with E-state index in [2.05, 4.69) is 6.92 Å². The molecular weight excluding hydrogens is 328 g/mol. The highest BCUT2D eigenvalue weighted by Crippen LogP contribution is 2.04. The molecule has 4 nitrogen and oxygen atoms in total. The molecule has 0 atom stereocenters. The number of esters is 2. The van der Waals surface area contributed by atoms with Gasteiger partial charge in [0.25, 0.3) is 0 Å². The minimum atomic E-state index is -0.256. The van der Waals surface area contributed by atoms with E-state index in [9.17, 15) is 9.59 Å². The minimum absolute atomic E-state index is 0.216. The summed E-state index contributed by atoms with van der Waals surface area (Å²) in [6.07, 6.45) is 4.51. The number of benzene rings is 2. The summed E-state index contributed by atoms with van der Waals surface area (Å²) >= 11 is 0. The molecule has 0 bridgehead atoms. The third-order valence-corrected chi connectivity index (χ3v) is 3.53. The van der Waals surface area contributed by atoms with E-state index in [1.54, 1.807) is 31.2 Å². The fourth-order valence-electron chi connectivity index (χ4n) is 2.14. The first-order valence-corrected chi connectivity index (χ1v) is 9.13. The molecule has 0 heterocycles. The zero-order valence-corrected chi connectivity index (χ0v) is 15.6. The molecule has 140 valence electrons. The van der Waals surface area contributed by atoms with Crippen LogP contribution in [0.15, 0.2) is 60.7 Å². The average molecular weight is 356 g/mol. The highest BCUT2D eigenvalue weighted by molar-refractivity contribution is 5.89. The van der Waals surface area contributed by atoms with Crippen LogP contribution in [0.1, 0.15) is 60.2 Å². The van der Waals surface area contributed by atoms with Gasteiger partial charge in [-0.3, -0.25) is 0 Å². The molecule has 0 spiro atoms. The van der Waals surface area contributed by atoms with Gasteiger partial charge in [0.2, 0.25) is 0 Å². The maximum Gasteiger partial charge on any atom is 0.338 e. The second-order valence-electron chi connectivity index (χ2n) is 5.65. The van der Waals surface area contributed by atoms with E-state index in [0.29, 0.717) is 24.3 Å². The smallest absolute Gasteiger partial charge is 0.338 e. The average Bonchev–Trinajstić information content (AvgIpc) is 2.70. The number of rotatable bonds is 8. The van der Waals surface area contributed by atoms with Crippen molar-refractivity contribution in [1.82, 2.24) is 0 Å². The lowest BCUT2D eigenvalue weighted by Crippen LogP contribution is -2.06. The van der Waals surface area contributed by atoms with E-state index in [1.807, 2.05) is 36.4 Å². The van der Waals surface area contributed by atoms with E-state index in [1.165, 1.54) is 12.8 Å². The molecule has 4 heteroatoms. The molecule has 0 N–H and O–H groups in total. The third kappa shape index (κ3) is 9.02. The molecule has 0 aliphatic rings.